The fraction of sp³-hybridized carbons (Fsp3) is 0.476. The second-order valence-electron chi connectivity index (χ2n) is 7.63. The number of halogens is 5. The zero-order valence-electron chi connectivity index (χ0n) is 18.8. The Morgan fingerprint density at radius 1 is 1.18 bits per heavy atom. The monoisotopic (exact) mass is 521 g/mol. The molecule has 0 unspecified atom stereocenters. The molecule has 1 fully saturated rings. The van der Waals surface area contributed by atoms with E-state index in [2.05, 4.69) is 10.4 Å². The van der Waals surface area contributed by atoms with Gasteiger partial charge in [0.2, 0.25) is 5.91 Å². The number of anilines is 1. The number of hydrogen-bond donors (Lipinski definition) is 1. The molecule has 1 aliphatic rings. The average molecular weight is 522 g/mol. The van der Waals surface area contributed by atoms with Gasteiger partial charge >= 0.3 is 6.18 Å². The fourth-order valence-electron chi connectivity index (χ4n) is 3.68. The zero-order valence-corrected chi connectivity index (χ0v) is 20.3. The summed E-state index contributed by atoms with van der Waals surface area (Å²) in [5.41, 5.74) is -0.141. The summed E-state index contributed by atoms with van der Waals surface area (Å²) in [5, 5.41) is 6.02. The van der Waals surface area contributed by atoms with Gasteiger partial charge in [-0.3, -0.25) is 14.3 Å². The smallest absolute Gasteiger partial charge is 0.436 e. The molecule has 13 heteroatoms. The Balaban J connectivity index is 1.73. The van der Waals surface area contributed by atoms with Crippen LogP contribution in [0, 0.1) is 6.92 Å². The highest BCUT2D eigenvalue weighted by Gasteiger charge is 2.38. The molecule has 186 valence electrons. The van der Waals surface area contributed by atoms with Crippen molar-refractivity contribution in [3.63, 3.8) is 0 Å². The minimum Gasteiger partial charge on any atom is -0.495 e. The lowest BCUT2D eigenvalue weighted by Gasteiger charge is -2.37. The van der Waals surface area contributed by atoms with Crippen LogP contribution in [-0.2, 0) is 17.5 Å². The Morgan fingerprint density at radius 2 is 1.82 bits per heavy atom. The minimum atomic E-state index is -4.71. The third-order valence-corrected chi connectivity index (χ3v) is 6.26. The van der Waals surface area contributed by atoms with E-state index in [4.69, 9.17) is 27.9 Å². The van der Waals surface area contributed by atoms with E-state index in [0.29, 0.717) is 54.7 Å². The molecular formula is C21H24Cl2F3N5O3. The van der Waals surface area contributed by atoms with Gasteiger partial charge in [0.1, 0.15) is 12.3 Å². The van der Waals surface area contributed by atoms with Crippen LogP contribution >= 0.6 is 23.2 Å². The van der Waals surface area contributed by atoms with Crippen LogP contribution < -0.4 is 15.0 Å². The van der Waals surface area contributed by atoms with E-state index in [9.17, 15) is 22.8 Å². The predicted molar refractivity (Wildman–Crippen MR) is 122 cm³/mol. The summed E-state index contributed by atoms with van der Waals surface area (Å²) in [4.78, 5) is 28.8. The second kappa shape index (κ2) is 10.3. The van der Waals surface area contributed by atoms with Gasteiger partial charge in [0.25, 0.3) is 5.91 Å². The van der Waals surface area contributed by atoms with Crippen molar-refractivity contribution in [2.75, 3.05) is 44.7 Å². The zero-order chi connectivity index (χ0) is 25.2. The number of methoxy groups -OCH3 is 1. The molecule has 3 rings (SSSR count). The predicted octanol–water partition coefficient (Wildman–Crippen LogP) is 3.62. The van der Waals surface area contributed by atoms with Gasteiger partial charge in [0.15, 0.2) is 5.69 Å². The first kappa shape index (κ1) is 26.0. The Bertz CT molecular complexity index is 1080. The van der Waals surface area contributed by atoms with Crippen molar-refractivity contribution in [1.29, 1.82) is 0 Å². The van der Waals surface area contributed by atoms with Crippen molar-refractivity contribution in [2.45, 2.75) is 26.6 Å². The number of benzene rings is 1. The third-order valence-electron chi connectivity index (χ3n) is 5.51. The van der Waals surface area contributed by atoms with Gasteiger partial charge in [-0.15, -0.1) is 0 Å². The topological polar surface area (TPSA) is 79.7 Å². The lowest BCUT2D eigenvalue weighted by Crippen LogP contribution is -2.50. The lowest BCUT2D eigenvalue weighted by molar-refractivity contribution is -0.142. The lowest BCUT2D eigenvalue weighted by atomic mass is 10.1. The normalized spacial score (nSPS) is 14.4. The maximum absolute atomic E-state index is 13.0. The molecule has 1 aliphatic heterocycles. The molecular weight excluding hydrogens is 498 g/mol. The minimum absolute atomic E-state index is 0.0702. The number of nitrogens with zero attached hydrogens (tertiary/aromatic N) is 4. The van der Waals surface area contributed by atoms with E-state index < -0.39 is 16.9 Å². The van der Waals surface area contributed by atoms with E-state index in [-0.39, 0.29) is 24.1 Å². The standard InChI is InChI=1S/C21H24Cl2F3N5O3/c1-4-27-20(33)13-9-14(22)16(34-3)10-15(13)29-5-7-30(8-6-29)17(32)11-31-12(2)18(23)19(28-31)21(24,25)26/h9-10H,4-8,11H2,1-3H3,(H,27,33). The molecule has 0 aliphatic carbocycles. The molecule has 2 aromatic rings. The van der Waals surface area contributed by atoms with Crippen LogP contribution in [0.25, 0.3) is 0 Å². The Morgan fingerprint density at radius 3 is 2.35 bits per heavy atom. The summed E-state index contributed by atoms with van der Waals surface area (Å²) >= 11 is 12.0. The summed E-state index contributed by atoms with van der Waals surface area (Å²) in [7, 11) is 1.47. The van der Waals surface area contributed by atoms with Crippen molar-refractivity contribution < 1.29 is 27.5 Å². The number of hydrogen-bond acceptors (Lipinski definition) is 5. The van der Waals surface area contributed by atoms with Crippen molar-refractivity contribution in [2.24, 2.45) is 0 Å². The summed E-state index contributed by atoms with van der Waals surface area (Å²) < 4.78 is 45.4. The largest absolute Gasteiger partial charge is 0.495 e. The summed E-state index contributed by atoms with van der Waals surface area (Å²) in [6.45, 7) is 4.67. The van der Waals surface area contributed by atoms with E-state index >= 15 is 0 Å². The van der Waals surface area contributed by atoms with Crippen LogP contribution in [0.2, 0.25) is 10.0 Å². The third kappa shape index (κ3) is 5.35. The van der Waals surface area contributed by atoms with E-state index in [0.717, 1.165) is 4.68 Å². The number of alkyl halides is 3. The van der Waals surface area contributed by atoms with E-state index in [1.807, 2.05) is 4.90 Å². The van der Waals surface area contributed by atoms with Gasteiger partial charge in [0.05, 0.1) is 34.1 Å². The van der Waals surface area contributed by atoms with Crippen molar-refractivity contribution >= 4 is 40.7 Å². The molecule has 34 heavy (non-hydrogen) atoms. The highest BCUT2D eigenvalue weighted by Crippen LogP contribution is 2.36. The molecule has 0 bridgehead atoms. The van der Waals surface area contributed by atoms with Crippen LogP contribution in [0.3, 0.4) is 0 Å². The highest BCUT2D eigenvalue weighted by atomic mass is 35.5. The van der Waals surface area contributed by atoms with E-state index in [1.165, 1.54) is 18.9 Å². The Hall–Kier alpha value is -2.66. The number of rotatable bonds is 6. The van der Waals surface area contributed by atoms with Crippen LogP contribution in [0.5, 0.6) is 5.75 Å². The number of carbonyl (C=O) groups is 2. The number of amides is 2. The molecule has 0 radical (unpaired) electrons. The molecule has 0 spiro atoms. The Kier molecular flexibility index (Phi) is 7.87. The number of ether oxygens (including phenoxy) is 1. The summed E-state index contributed by atoms with van der Waals surface area (Å²) in [6.07, 6.45) is -4.71. The first-order chi connectivity index (χ1) is 16.0. The second-order valence-corrected chi connectivity index (χ2v) is 8.42. The van der Waals surface area contributed by atoms with Crippen molar-refractivity contribution in [3.8, 4) is 5.75 Å². The van der Waals surface area contributed by atoms with Crippen molar-refractivity contribution in [1.82, 2.24) is 20.0 Å². The molecule has 1 aromatic heterocycles. The van der Waals surface area contributed by atoms with Gasteiger partial charge in [-0.1, -0.05) is 23.2 Å². The molecule has 2 heterocycles. The SMILES string of the molecule is CCNC(=O)c1cc(Cl)c(OC)cc1N1CCN(C(=O)Cn2nc(C(F)(F)F)c(Cl)c2C)CC1. The maximum atomic E-state index is 13.0. The first-order valence-electron chi connectivity index (χ1n) is 10.5. The average Bonchev–Trinajstić information content (AvgIpc) is 3.08. The first-order valence-corrected chi connectivity index (χ1v) is 11.2. The quantitative estimate of drug-likeness (QED) is 0.627. The van der Waals surface area contributed by atoms with Gasteiger partial charge in [0, 0.05) is 38.8 Å². The van der Waals surface area contributed by atoms with Crippen LogP contribution in [0.4, 0.5) is 18.9 Å². The Labute approximate surface area is 204 Å². The molecule has 0 saturated carbocycles. The van der Waals surface area contributed by atoms with Gasteiger partial charge < -0.3 is 19.9 Å². The van der Waals surface area contributed by atoms with Gasteiger partial charge in [-0.05, 0) is 19.9 Å². The number of carbonyl (C=O) groups excluding carboxylic acids is 2. The molecule has 1 saturated heterocycles. The highest BCUT2D eigenvalue weighted by molar-refractivity contribution is 6.32. The number of piperazine rings is 1. The maximum Gasteiger partial charge on any atom is 0.436 e. The number of aromatic nitrogens is 2. The molecule has 8 nitrogen and oxygen atoms in total. The van der Waals surface area contributed by atoms with Crippen LogP contribution in [-0.4, -0.2) is 66.3 Å². The molecule has 1 aromatic carbocycles. The van der Waals surface area contributed by atoms with Crippen molar-refractivity contribution in [3.05, 3.63) is 39.1 Å². The molecule has 2 amide bonds. The molecule has 0 atom stereocenters. The molecule has 1 N–H and O–H groups in total. The van der Waals surface area contributed by atoms with Crippen LogP contribution in [0.1, 0.15) is 28.7 Å². The van der Waals surface area contributed by atoms with Gasteiger partial charge in [-0.2, -0.15) is 18.3 Å². The fourth-order valence-corrected chi connectivity index (χ4v) is 4.17. The van der Waals surface area contributed by atoms with Gasteiger partial charge in [-0.25, -0.2) is 0 Å². The summed E-state index contributed by atoms with van der Waals surface area (Å²) in [6, 6.07) is 3.22. The summed E-state index contributed by atoms with van der Waals surface area (Å²) in [5.74, 6) is -0.255. The van der Waals surface area contributed by atoms with Crippen LogP contribution in [0.15, 0.2) is 12.1 Å². The van der Waals surface area contributed by atoms with E-state index in [1.54, 1.807) is 19.1 Å². The number of nitrogens with one attached hydrogen (secondary N) is 1.